The highest BCUT2D eigenvalue weighted by Crippen LogP contribution is 2.34. The van der Waals surface area contributed by atoms with E-state index in [-0.39, 0.29) is 9.77 Å². The lowest BCUT2D eigenvalue weighted by Gasteiger charge is -2.09. The number of carbonyl (C=O) groups is 1. The van der Waals surface area contributed by atoms with Crippen LogP contribution in [-0.4, -0.2) is 14.3 Å². The first-order valence-electron chi connectivity index (χ1n) is 7.36. The number of carbonyl (C=O) groups excluding carboxylic acids is 1. The van der Waals surface area contributed by atoms with Crippen molar-refractivity contribution in [1.29, 1.82) is 0 Å². The molecule has 25 heavy (non-hydrogen) atoms. The van der Waals surface area contributed by atoms with Gasteiger partial charge in [0.2, 0.25) is 0 Å². The van der Waals surface area contributed by atoms with E-state index in [0.717, 1.165) is 21.2 Å². The number of halogens is 1. The zero-order chi connectivity index (χ0) is 18.2. The smallest absolute Gasteiger partial charge is 0.273 e. The Balaban J connectivity index is 1.81. The maximum Gasteiger partial charge on any atom is 0.277 e. The van der Waals surface area contributed by atoms with Gasteiger partial charge in [0, 0.05) is 10.1 Å². The van der Waals surface area contributed by atoms with E-state index >= 15 is 0 Å². The number of amides is 1. The highest BCUT2D eigenvalue weighted by atomic mass is 35.5. The fourth-order valence-corrected chi connectivity index (χ4v) is 4.61. The Hall–Kier alpha value is -1.93. The van der Waals surface area contributed by atoms with Crippen molar-refractivity contribution in [2.45, 2.75) is 18.7 Å². The lowest BCUT2D eigenvalue weighted by atomic mass is 10.1. The van der Waals surface area contributed by atoms with Gasteiger partial charge in [-0.15, -0.1) is 16.2 Å². The molecule has 3 aromatic rings. The molecule has 0 fully saturated rings. The van der Waals surface area contributed by atoms with Crippen LogP contribution in [0.5, 0.6) is 0 Å². The van der Waals surface area contributed by atoms with Crippen LogP contribution in [0.4, 0.5) is 0 Å². The minimum absolute atomic E-state index is 0.0818. The Morgan fingerprint density at radius 2 is 1.80 bits per heavy atom. The molecule has 0 radical (unpaired) electrons. The molecule has 0 saturated carbocycles. The number of thiophene rings is 1. The normalized spacial score (nSPS) is 11.6. The minimum atomic E-state index is -3.87. The standard InChI is InChI=1S/C17H15ClN2O3S2/c1-10-7-8-12(9-11(10)2)25(22,23)20-19-17(21)16-15(18)13-5-3-4-6-14(13)24-16/h3-9,20H,1-2H3,(H,19,21). The topological polar surface area (TPSA) is 75.3 Å². The first-order chi connectivity index (χ1) is 11.8. The van der Waals surface area contributed by atoms with Crippen molar-refractivity contribution in [3.05, 3.63) is 63.5 Å². The number of benzene rings is 2. The van der Waals surface area contributed by atoms with E-state index in [9.17, 15) is 13.2 Å². The Labute approximate surface area is 154 Å². The predicted octanol–water partition coefficient (Wildman–Crippen LogP) is 3.79. The number of fused-ring (bicyclic) bond motifs is 1. The van der Waals surface area contributed by atoms with Crippen molar-refractivity contribution in [3.8, 4) is 0 Å². The molecule has 130 valence electrons. The van der Waals surface area contributed by atoms with Crippen LogP contribution in [0.3, 0.4) is 0 Å². The Bertz CT molecular complexity index is 1070. The molecule has 1 amide bonds. The van der Waals surface area contributed by atoms with E-state index in [4.69, 9.17) is 11.6 Å². The van der Waals surface area contributed by atoms with E-state index in [2.05, 4.69) is 10.3 Å². The second-order valence-corrected chi connectivity index (χ2v) is 8.66. The van der Waals surface area contributed by atoms with E-state index in [0.29, 0.717) is 5.02 Å². The van der Waals surface area contributed by atoms with Crippen molar-refractivity contribution < 1.29 is 13.2 Å². The molecule has 0 atom stereocenters. The lowest BCUT2D eigenvalue weighted by molar-refractivity contribution is 0.0949. The molecule has 1 heterocycles. The van der Waals surface area contributed by atoms with Crippen molar-refractivity contribution in [3.63, 3.8) is 0 Å². The molecule has 0 aliphatic rings. The molecule has 1 aromatic heterocycles. The first kappa shape index (κ1) is 17.9. The molecule has 0 aliphatic heterocycles. The number of rotatable bonds is 4. The number of hydrogen-bond acceptors (Lipinski definition) is 4. The van der Waals surface area contributed by atoms with Gasteiger partial charge in [0.1, 0.15) is 4.88 Å². The molecule has 5 nitrogen and oxygen atoms in total. The fourth-order valence-electron chi connectivity index (χ4n) is 2.27. The molecule has 0 bridgehead atoms. The van der Waals surface area contributed by atoms with Crippen molar-refractivity contribution in [1.82, 2.24) is 10.3 Å². The van der Waals surface area contributed by atoms with Crippen LogP contribution in [0.1, 0.15) is 20.8 Å². The number of sulfonamides is 1. The average Bonchev–Trinajstić information content (AvgIpc) is 2.92. The molecule has 2 aromatic carbocycles. The lowest BCUT2D eigenvalue weighted by Crippen LogP contribution is -2.41. The van der Waals surface area contributed by atoms with Gasteiger partial charge in [-0.3, -0.25) is 10.2 Å². The quantitative estimate of drug-likeness (QED) is 0.661. The van der Waals surface area contributed by atoms with Crippen LogP contribution in [-0.2, 0) is 10.0 Å². The van der Waals surface area contributed by atoms with Crippen LogP contribution in [0.2, 0.25) is 5.02 Å². The fraction of sp³-hybridized carbons (Fsp3) is 0.118. The number of nitrogens with one attached hydrogen (secondary N) is 2. The molecular formula is C17H15ClN2O3S2. The molecule has 0 spiro atoms. The Morgan fingerprint density at radius 1 is 1.08 bits per heavy atom. The van der Waals surface area contributed by atoms with Gasteiger partial charge in [-0.2, -0.15) is 0 Å². The maximum absolute atomic E-state index is 12.3. The Kier molecular flexibility index (Phi) is 4.83. The van der Waals surface area contributed by atoms with Crippen molar-refractivity contribution >= 4 is 49.0 Å². The molecule has 0 unspecified atom stereocenters. The summed E-state index contributed by atoms with van der Waals surface area (Å²) in [6.45, 7) is 3.72. The summed E-state index contributed by atoms with van der Waals surface area (Å²) in [6.07, 6.45) is 0. The summed E-state index contributed by atoms with van der Waals surface area (Å²) in [4.78, 5) is 14.8. The van der Waals surface area contributed by atoms with E-state index in [1.54, 1.807) is 12.1 Å². The largest absolute Gasteiger partial charge is 0.277 e. The summed E-state index contributed by atoms with van der Waals surface area (Å²) in [5.74, 6) is -0.599. The molecule has 0 saturated heterocycles. The third-order valence-corrected chi connectivity index (χ3v) is 6.75. The third-order valence-electron chi connectivity index (χ3n) is 3.83. The summed E-state index contributed by atoms with van der Waals surface area (Å²) in [6, 6.07) is 12.1. The summed E-state index contributed by atoms with van der Waals surface area (Å²) >= 11 is 7.43. The number of aryl methyl sites for hydroxylation is 2. The zero-order valence-corrected chi connectivity index (χ0v) is 15.8. The molecule has 3 rings (SSSR count). The summed E-state index contributed by atoms with van der Waals surface area (Å²) in [5, 5.41) is 1.07. The van der Waals surface area contributed by atoms with E-state index in [1.807, 2.05) is 38.1 Å². The van der Waals surface area contributed by atoms with Crippen molar-refractivity contribution in [2.24, 2.45) is 0 Å². The second kappa shape index (κ2) is 6.76. The summed E-state index contributed by atoms with van der Waals surface area (Å²) in [5.41, 5.74) is 4.06. The second-order valence-electron chi connectivity index (χ2n) is 5.55. The SMILES string of the molecule is Cc1ccc(S(=O)(=O)NNC(=O)c2sc3ccccc3c2Cl)cc1C. The molecule has 0 aliphatic carbocycles. The van der Waals surface area contributed by atoms with E-state index < -0.39 is 15.9 Å². The molecule has 8 heteroatoms. The van der Waals surface area contributed by atoms with Crippen LogP contribution in [0.15, 0.2) is 47.4 Å². The number of hydrazine groups is 1. The summed E-state index contributed by atoms with van der Waals surface area (Å²) < 4.78 is 25.5. The van der Waals surface area contributed by atoms with Gasteiger partial charge in [-0.05, 0) is 43.2 Å². The maximum atomic E-state index is 12.3. The monoisotopic (exact) mass is 394 g/mol. The van der Waals surface area contributed by atoms with Gasteiger partial charge >= 0.3 is 0 Å². The third kappa shape index (κ3) is 3.55. The highest BCUT2D eigenvalue weighted by Gasteiger charge is 2.20. The average molecular weight is 395 g/mol. The van der Waals surface area contributed by atoms with Gasteiger partial charge in [0.25, 0.3) is 15.9 Å². The van der Waals surface area contributed by atoms with Gasteiger partial charge < -0.3 is 0 Å². The predicted molar refractivity (Wildman–Crippen MR) is 101 cm³/mol. The van der Waals surface area contributed by atoms with E-state index in [1.165, 1.54) is 17.4 Å². The summed E-state index contributed by atoms with van der Waals surface area (Å²) in [7, 11) is -3.87. The molecule has 2 N–H and O–H groups in total. The minimum Gasteiger partial charge on any atom is -0.273 e. The zero-order valence-electron chi connectivity index (χ0n) is 13.5. The van der Waals surface area contributed by atoms with Crippen molar-refractivity contribution in [2.75, 3.05) is 0 Å². The van der Waals surface area contributed by atoms with Crippen LogP contribution in [0, 0.1) is 13.8 Å². The first-order valence-corrected chi connectivity index (χ1v) is 10.0. The number of hydrogen-bond donors (Lipinski definition) is 2. The van der Waals surface area contributed by atoms with Gasteiger partial charge in [0.15, 0.2) is 0 Å². The molecular weight excluding hydrogens is 380 g/mol. The highest BCUT2D eigenvalue weighted by molar-refractivity contribution is 7.89. The van der Waals surface area contributed by atoms with Crippen LogP contribution < -0.4 is 10.3 Å². The van der Waals surface area contributed by atoms with Gasteiger partial charge in [-0.25, -0.2) is 8.42 Å². The van der Waals surface area contributed by atoms with Crippen LogP contribution in [0.25, 0.3) is 10.1 Å². The van der Waals surface area contributed by atoms with Gasteiger partial charge in [-0.1, -0.05) is 35.9 Å². The Morgan fingerprint density at radius 3 is 2.48 bits per heavy atom. The van der Waals surface area contributed by atoms with Gasteiger partial charge in [0.05, 0.1) is 9.92 Å². The van der Waals surface area contributed by atoms with Crippen LogP contribution >= 0.6 is 22.9 Å².